The van der Waals surface area contributed by atoms with Gasteiger partial charge in [-0.15, -0.1) is 0 Å². The molecule has 0 aliphatic heterocycles. The predicted molar refractivity (Wildman–Crippen MR) is 52.2 cm³/mol. The maximum Gasteiger partial charge on any atom is 0.223 e. The number of allylic oxidation sites excluding steroid dienone is 1. The van der Waals surface area contributed by atoms with Gasteiger partial charge in [0.15, 0.2) is 5.78 Å². The van der Waals surface area contributed by atoms with E-state index in [0.717, 1.165) is 0 Å². The zero-order valence-corrected chi connectivity index (χ0v) is 8.46. The van der Waals surface area contributed by atoms with E-state index in [1.165, 1.54) is 6.08 Å². The van der Waals surface area contributed by atoms with Crippen LogP contribution in [0.4, 0.5) is 0 Å². The number of hydrogen-bond donors (Lipinski definition) is 1. The minimum atomic E-state index is -0.240. The fourth-order valence-corrected chi connectivity index (χ4v) is 1.12. The fourth-order valence-electron chi connectivity index (χ4n) is 1.12. The van der Waals surface area contributed by atoms with Crippen LogP contribution in [0.2, 0.25) is 0 Å². The fraction of sp³-hybridized carbons (Fsp3) is 0.600. The molecule has 0 saturated heterocycles. The summed E-state index contributed by atoms with van der Waals surface area (Å²) in [6, 6.07) is 0. The van der Waals surface area contributed by atoms with Gasteiger partial charge >= 0.3 is 0 Å². The SMILES string of the molecule is C=CC(=O)CC(C(=O)NC)C(C)C. The van der Waals surface area contributed by atoms with Crippen LogP contribution < -0.4 is 5.32 Å². The van der Waals surface area contributed by atoms with Gasteiger partial charge in [0, 0.05) is 19.4 Å². The predicted octanol–water partition coefficient (Wildman–Crippen LogP) is 1.15. The third kappa shape index (κ3) is 3.87. The van der Waals surface area contributed by atoms with Gasteiger partial charge in [0.2, 0.25) is 5.91 Å². The number of amides is 1. The lowest BCUT2D eigenvalue weighted by molar-refractivity contribution is -0.129. The summed E-state index contributed by atoms with van der Waals surface area (Å²) in [5.41, 5.74) is 0. The van der Waals surface area contributed by atoms with Crippen LogP contribution >= 0.6 is 0 Å². The van der Waals surface area contributed by atoms with E-state index in [-0.39, 0.29) is 29.9 Å². The van der Waals surface area contributed by atoms with Gasteiger partial charge in [-0.3, -0.25) is 9.59 Å². The highest BCUT2D eigenvalue weighted by molar-refractivity contribution is 5.93. The van der Waals surface area contributed by atoms with Gasteiger partial charge in [-0.1, -0.05) is 20.4 Å². The molecule has 74 valence electrons. The molecular formula is C10H17NO2. The van der Waals surface area contributed by atoms with E-state index < -0.39 is 0 Å². The van der Waals surface area contributed by atoms with Gasteiger partial charge in [0.25, 0.3) is 0 Å². The quantitative estimate of drug-likeness (QED) is 0.650. The van der Waals surface area contributed by atoms with E-state index in [2.05, 4.69) is 11.9 Å². The van der Waals surface area contributed by atoms with Gasteiger partial charge in [-0.05, 0) is 12.0 Å². The van der Waals surface area contributed by atoms with E-state index in [1.54, 1.807) is 7.05 Å². The highest BCUT2D eigenvalue weighted by Gasteiger charge is 2.22. The van der Waals surface area contributed by atoms with Crippen LogP contribution in [0.3, 0.4) is 0 Å². The van der Waals surface area contributed by atoms with Crippen molar-refractivity contribution in [2.24, 2.45) is 11.8 Å². The Bertz CT molecular complexity index is 209. The summed E-state index contributed by atoms with van der Waals surface area (Å²) in [6.07, 6.45) is 1.51. The first kappa shape index (κ1) is 11.9. The summed E-state index contributed by atoms with van der Waals surface area (Å²) >= 11 is 0. The van der Waals surface area contributed by atoms with E-state index >= 15 is 0 Å². The van der Waals surface area contributed by atoms with Crippen LogP contribution in [0.1, 0.15) is 20.3 Å². The highest BCUT2D eigenvalue weighted by atomic mass is 16.2. The van der Waals surface area contributed by atoms with Gasteiger partial charge in [-0.2, -0.15) is 0 Å². The Kier molecular flexibility index (Phi) is 5.04. The molecule has 1 unspecified atom stereocenters. The van der Waals surface area contributed by atoms with Crippen molar-refractivity contribution in [3.8, 4) is 0 Å². The summed E-state index contributed by atoms with van der Waals surface area (Å²) in [6.45, 7) is 7.23. The molecule has 0 aromatic carbocycles. The second kappa shape index (κ2) is 5.51. The molecule has 0 aromatic heterocycles. The van der Waals surface area contributed by atoms with Crippen LogP contribution in [0.15, 0.2) is 12.7 Å². The first-order valence-corrected chi connectivity index (χ1v) is 4.39. The summed E-state index contributed by atoms with van der Waals surface area (Å²) in [5.74, 6) is -0.230. The molecule has 3 heteroatoms. The third-order valence-corrected chi connectivity index (χ3v) is 2.04. The summed E-state index contributed by atoms with van der Waals surface area (Å²) in [5, 5.41) is 2.55. The number of rotatable bonds is 5. The number of carbonyl (C=O) groups is 2. The first-order chi connectivity index (χ1) is 6.02. The van der Waals surface area contributed by atoms with Crippen LogP contribution in [0, 0.1) is 11.8 Å². The molecule has 0 radical (unpaired) electrons. The largest absolute Gasteiger partial charge is 0.359 e. The number of ketones is 1. The second-order valence-electron chi connectivity index (χ2n) is 3.34. The van der Waals surface area contributed by atoms with Crippen molar-refractivity contribution in [1.29, 1.82) is 0 Å². The molecule has 13 heavy (non-hydrogen) atoms. The normalized spacial score (nSPS) is 12.3. The van der Waals surface area contributed by atoms with E-state index in [9.17, 15) is 9.59 Å². The van der Waals surface area contributed by atoms with Crippen molar-refractivity contribution in [2.45, 2.75) is 20.3 Å². The average molecular weight is 183 g/mol. The molecule has 0 saturated carbocycles. The molecular weight excluding hydrogens is 166 g/mol. The molecule has 0 aliphatic rings. The monoisotopic (exact) mass is 183 g/mol. The molecule has 3 nitrogen and oxygen atoms in total. The molecule has 0 aromatic rings. The molecule has 0 fully saturated rings. The average Bonchev–Trinajstić information content (AvgIpc) is 2.11. The lowest BCUT2D eigenvalue weighted by atomic mass is 9.90. The Labute approximate surface area is 79.2 Å². The van der Waals surface area contributed by atoms with Gasteiger partial charge in [0.1, 0.15) is 0 Å². The number of carbonyl (C=O) groups excluding carboxylic acids is 2. The molecule has 1 N–H and O–H groups in total. The Morgan fingerprint density at radius 3 is 2.31 bits per heavy atom. The zero-order valence-electron chi connectivity index (χ0n) is 8.46. The lowest BCUT2D eigenvalue weighted by Crippen LogP contribution is -2.32. The van der Waals surface area contributed by atoms with E-state index in [0.29, 0.717) is 0 Å². The van der Waals surface area contributed by atoms with Crippen molar-refractivity contribution in [3.05, 3.63) is 12.7 Å². The molecule has 1 atom stereocenters. The minimum absolute atomic E-state index is 0.0785. The number of hydrogen-bond acceptors (Lipinski definition) is 2. The smallest absolute Gasteiger partial charge is 0.223 e. The van der Waals surface area contributed by atoms with Crippen LogP contribution in [0.5, 0.6) is 0 Å². The van der Waals surface area contributed by atoms with Crippen molar-refractivity contribution in [2.75, 3.05) is 7.05 Å². The van der Waals surface area contributed by atoms with Crippen molar-refractivity contribution < 1.29 is 9.59 Å². The van der Waals surface area contributed by atoms with Crippen molar-refractivity contribution >= 4 is 11.7 Å². The molecule has 0 aliphatic carbocycles. The van der Waals surface area contributed by atoms with Crippen LogP contribution in [0.25, 0.3) is 0 Å². The van der Waals surface area contributed by atoms with Crippen molar-refractivity contribution in [3.63, 3.8) is 0 Å². The van der Waals surface area contributed by atoms with Crippen molar-refractivity contribution in [1.82, 2.24) is 5.32 Å². The minimum Gasteiger partial charge on any atom is -0.359 e. The molecule has 0 rings (SSSR count). The Balaban J connectivity index is 4.34. The van der Waals surface area contributed by atoms with E-state index in [4.69, 9.17) is 0 Å². The Morgan fingerprint density at radius 2 is 2.00 bits per heavy atom. The lowest BCUT2D eigenvalue weighted by Gasteiger charge is -2.17. The maximum atomic E-state index is 11.3. The summed E-state index contributed by atoms with van der Waals surface area (Å²) in [7, 11) is 1.58. The van der Waals surface area contributed by atoms with Crippen LogP contribution in [-0.4, -0.2) is 18.7 Å². The summed E-state index contributed by atoms with van der Waals surface area (Å²) in [4.78, 5) is 22.4. The molecule has 0 spiro atoms. The standard InChI is InChI=1S/C10H17NO2/c1-5-8(12)6-9(7(2)3)10(13)11-4/h5,7,9H,1,6H2,2-4H3,(H,11,13). The van der Waals surface area contributed by atoms with Gasteiger partial charge < -0.3 is 5.32 Å². The Morgan fingerprint density at radius 1 is 1.46 bits per heavy atom. The molecule has 1 amide bonds. The second-order valence-corrected chi connectivity index (χ2v) is 3.34. The molecule has 0 bridgehead atoms. The topological polar surface area (TPSA) is 46.2 Å². The van der Waals surface area contributed by atoms with Gasteiger partial charge in [-0.25, -0.2) is 0 Å². The van der Waals surface area contributed by atoms with Gasteiger partial charge in [0.05, 0.1) is 0 Å². The highest BCUT2D eigenvalue weighted by Crippen LogP contribution is 2.15. The van der Waals surface area contributed by atoms with E-state index in [1.807, 2.05) is 13.8 Å². The Hall–Kier alpha value is -1.12. The van der Waals surface area contributed by atoms with Crippen LogP contribution in [-0.2, 0) is 9.59 Å². The third-order valence-electron chi connectivity index (χ3n) is 2.04. The maximum absolute atomic E-state index is 11.3. The zero-order chi connectivity index (χ0) is 10.4. The number of nitrogens with one attached hydrogen (secondary N) is 1. The first-order valence-electron chi connectivity index (χ1n) is 4.39. The summed E-state index contributed by atoms with van der Waals surface area (Å²) < 4.78 is 0. The molecule has 0 heterocycles.